The van der Waals surface area contributed by atoms with Gasteiger partial charge in [0.2, 0.25) is 0 Å². The van der Waals surface area contributed by atoms with Gasteiger partial charge in [-0.2, -0.15) is 13.2 Å². The average Bonchev–Trinajstić information content (AvgIpc) is 2.26. The van der Waals surface area contributed by atoms with Crippen LogP contribution in [0.2, 0.25) is 0 Å². The maximum Gasteiger partial charge on any atom is 0.416 e. The molecule has 2 rings (SSSR count). The molecule has 1 aliphatic rings. The van der Waals surface area contributed by atoms with E-state index in [1.807, 2.05) is 13.8 Å². The first-order valence-electron chi connectivity index (χ1n) is 6.06. The first-order valence-corrected chi connectivity index (χ1v) is 6.06. The molecule has 1 aliphatic heterocycles. The number of carbonyl (C=O) groups excluding carboxylic acids is 1. The third kappa shape index (κ3) is 3.00. The number of amides is 2. The lowest BCUT2D eigenvalue weighted by atomic mass is 9.93. The molecule has 0 fully saturated rings. The van der Waals surface area contributed by atoms with Gasteiger partial charge in [0.1, 0.15) is 0 Å². The molecular weight excluding hydrogens is 257 g/mol. The Bertz CT molecular complexity index is 497. The predicted molar refractivity (Wildman–Crippen MR) is 65.8 cm³/mol. The first kappa shape index (κ1) is 13.7. The SMILES string of the molecule is CC(C)CC1NC(=O)Nc2ccc(C(F)(F)F)cc21. The molecule has 1 atom stereocenters. The standard InChI is InChI=1S/C13H15F3N2O/c1-7(2)5-11-9-6-8(13(14,15)16)3-4-10(9)17-12(19)18-11/h3-4,6-7,11H,5H2,1-2H3,(H2,17,18,19). The van der Waals surface area contributed by atoms with Gasteiger partial charge in [-0.25, -0.2) is 4.79 Å². The quantitative estimate of drug-likeness (QED) is 0.841. The van der Waals surface area contributed by atoms with E-state index in [2.05, 4.69) is 10.6 Å². The fourth-order valence-corrected chi connectivity index (χ4v) is 2.19. The Labute approximate surface area is 109 Å². The number of carbonyl (C=O) groups is 1. The summed E-state index contributed by atoms with van der Waals surface area (Å²) in [6, 6.07) is 2.64. The van der Waals surface area contributed by atoms with Crippen molar-refractivity contribution in [3.05, 3.63) is 29.3 Å². The van der Waals surface area contributed by atoms with Crippen LogP contribution in [0.15, 0.2) is 18.2 Å². The number of urea groups is 1. The molecule has 1 unspecified atom stereocenters. The molecule has 0 radical (unpaired) electrons. The Hall–Kier alpha value is -1.72. The summed E-state index contributed by atoms with van der Waals surface area (Å²) in [5.41, 5.74) is 0.239. The van der Waals surface area contributed by atoms with Crippen LogP contribution in [0.4, 0.5) is 23.7 Å². The molecule has 0 spiro atoms. The first-order chi connectivity index (χ1) is 8.77. The number of nitrogens with one attached hydrogen (secondary N) is 2. The molecule has 0 aliphatic carbocycles. The van der Waals surface area contributed by atoms with Gasteiger partial charge in [0.15, 0.2) is 0 Å². The topological polar surface area (TPSA) is 41.1 Å². The lowest BCUT2D eigenvalue weighted by Crippen LogP contribution is -2.38. The molecule has 2 amide bonds. The maximum atomic E-state index is 12.7. The van der Waals surface area contributed by atoms with Gasteiger partial charge in [0.05, 0.1) is 11.6 Å². The highest BCUT2D eigenvalue weighted by atomic mass is 19.4. The van der Waals surface area contributed by atoms with E-state index in [0.717, 1.165) is 12.1 Å². The molecule has 1 heterocycles. The number of benzene rings is 1. The minimum absolute atomic E-state index is 0.269. The molecule has 6 heteroatoms. The lowest BCUT2D eigenvalue weighted by molar-refractivity contribution is -0.137. The zero-order valence-corrected chi connectivity index (χ0v) is 10.6. The van der Waals surface area contributed by atoms with E-state index >= 15 is 0 Å². The Kier molecular flexibility index (Phi) is 3.43. The highest BCUT2D eigenvalue weighted by Crippen LogP contribution is 2.36. The Morgan fingerprint density at radius 1 is 1.32 bits per heavy atom. The zero-order valence-electron chi connectivity index (χ0n) is 10.6. The van der Waals surface area contributed by atoms with E-state index in [-0.39, 0.29) is 18.0 Å². The Morgan fingerprint density at radius 2 is 2.00 bits per heavy atom. The van der Waals surface area contributed by atoms with E-state index in [4.69, 9.17) is 0 Å². The van der Waals surface area contributed by atoms with Crippen LogP contribution in [0.5, 0.6) is 0 Å². The van der Waals surface area contributed by atoms with Crippen molar-refractivity contribution >= 4 is 11.7 Å². The zero-order chi connectivity index (χ0) is 14.2. The second-order valence-electron chi connectivity index (χ2n) is 5.08. The summed E-state index contributed by atoms with van der Waals surface area (Å²) in [5.74, 6) is 0.269. The fourth-order valence-electron chi connectivity index (χ4n) is 2.19. The molecule has 1 aromatic carbocycles. The van der Waals surface area contributed by atoms with E-state index in [9.17, 15) is 18.0 Å². The summed E-state index contributed by atoms with van der Waals surface area (Å²) < 4.78 is 38.1. The number of anilines is 1. The number of fused-ring (bicyclic) bond motifs is 1. The highest BCUT2D eigenvalue weighted by Gasteiger charge is 2.33. The summed E-state index contributed by atoms with van der Waals surface area (Å²) in [7, 11) is 0. The number of alkyl halides is 3. The Morgan fingerprint density at radius 3 is 2.58 bits per heavy atom. The smallest absolute Gasteiger partial charge is 0.331 e. The summed E-state index contributed by atoms with van der Waals surface area (Å²) in [5, 5.41) is 5.19. The van der Waals surface area contributed by atoms with Crippen LogP contribution in [-0.4, -0.2) is 6.03 Å². The molecule has 2 N–H and O–H groups in total. The van der Waals surface area contributed by atoms with Crippen molar-refractivity contribution in [1.29, 1.82) is 0 Å². The van der Waals surface area contributed by atoms with Gasteiger partial charge < -0.3 is 10.6 Å². The van der Waals surface area contributed by atoms with Crippen molar-refractivity contribution < 1.29 is 18.0 Å². The summed E-state index contributed by atoms with van der Waals surface area (Å²) >= 11 is 0. The van der Waals surface area contributed by atoms with Crippen molar-refractivity contribution in [3.63, 3.8) is 0 Å². The lowest BCUT2D eigenvalue weighted by Gasteiger charge is -2.29. The van der Waals surface area contributed by atoms with Gasteiger partial charge in [-0.05, 0) is 36.1 Å². The van der Waals surface area contributed by atoms with Crippen LogP contribution in [0.3, 0.4) is 0 Å². The van der Waals surface area contributed by atoms with Crippen LogP contribution < -0.4 is 10.6 Å². The predicted octanol–water partition coefficient (Wildman–Crippen LogP) is 3.93. The monoisotopic (exact) mass is 272 g/mol. The van der Waals surface area contributed by atoms with Crippen LogP contribution in [0, 0.1) is 5.92 Å². The fraction of sp³-hybridized carbons (Fsp3) is 0.462. The largest absolute Gasteiger partial charge is 0.416 e. The third-order valence-corrected chi connectivity index (χ3v) is 3.01. The molecule has 0 bridgehead atoms. The van der Waals surface area contributed by atoms with Gasteiger partial charge in [-0.3, -0.25) is 0 Å². The normalized spacial score (nSPS) is 18.8. The Balaban J connectivity index is 2.41. The van der Waals surface area contributed by atoms with Crippen LogP contribution >= 0.6 is 0 Å². The minimum Gasteiger partial charge on any atom is -0.331 e. The second kappa shape index (κ2) is 4.75. The third-order valence-electron chi connectivity index (χ3n) is 3.01. The van der Waals surface area contributed by atoms with E-state index in [1.54, 1.807) is 0 Å². The molecule has 3 nitrogen and oxygen atoms in total. The molecule has 1 aromatic rings. The molecule has 0 saturated heterocycles. The average molecular weight is 272 g/mol. The van der Waals surface area contributed by atoms with E-state index in [1.165, 1.54) is 6.07 Å². The molecule has 0 aromatic heterocycles. The van der Waals surface area contributed by atoms with Crippen LogP contribution in [0.1, 0.15) is 37.4 Å². The molecular formula is C13H15F3N2O. The number of hydrogen-bond acceptors (Lipinski definition) is 1. The maximum absolute atomic E-state index is 12.7. The van der Waals surface area contributed by atoms with Crippen molar-refractivity contribution in [2.75, 3.05) is 5.32 Å². The van der Waals surface area contributed by atoms with Crippen molar-refractivity contribution in [2.24, 2.45) is 5.92 Å². The molecule has 104 valence electrons. The molecule has 0 saturated carbocycles. The van der Waals surface area contributed by atoms with E-state index < -0.39 is 11.7 Å². The summed E-state index contributed by atoms with van der Waals surface area (Å²) in [6.07, 6.45) is -3.78. The van der Waals surface area contributed by atoms with Crippen LogP contribution in [-0.2, 0) is 6.18 Å². The highest BCUT2D eigenvalue weighted by molar-refractivity contribution is 5.93. The van der Waals surface area contributed by atoms with E-state index in [0.29, 0.717) is 17.7 Å². The second-order valence-corrected chi connectivity index (χ2v) is 5.08. The number of halogens is 3. The van der Waals surface area contributed by atoms with Crippen molar-refractivity contribution in [3.8, 4) is 0 Å². The van der Waals surface area contributed by atoms with Gasteiger partial charge in [0.25, 0.3) is 0 Å². The van der Waals surface area contributed by atoms with Crippen molar-refractivity contribution in [1.82, 2.24) is 5.32 Å². The minimum atomic E-state index is -4.38. The summed E-state index contributed by atoms with van der Waals surface area (Å²) in [6.45, 7) is 3.92. The number of hydrogen-bond donors (Lipinski definition) is 2. The molecule has 19 heavy (non-hydrogen) atoms. The van der Waals surface area contributed by atoms with Gasteiger partial charge in [-0.1, -0.05) is 13.8 Å². The van der Waals surface area contributed by atoms with Gasteiger partial charge in [0, 0.05) is 5.69 Å². The van der Waals surface area contributed by atoms with Crippen molar-refractivity contribution in [2.45, 2.75) is 32.5 Å². The van der Waals surface area contributed by atoms with Gasteiger partial charge >= 0.3 is 12.2 Å². The summed E-state index contributed by atoms with van der Waals surface area (Å²) in [4.78, 5) is 11.5. The van der Waals surface area contributed by atoms with Gasteiger partial charge in [-0.15, -0.1) is 0 Å². The van der Waals surface area contributed by atoms with Crippen LogP contribution in [0.25, 0.3) is 0 Å². The number of rotatable bonds is 2.